The number of pyridine rings is 1. The van der Waals surface area contributed by atoms with Gasteiger partial charge in [0.2, 0.25) is 0 Å². The third-order valence-corrected chi connectivity index (χ3v) is 3.49. The van der Waals surface area contributed by atoms with E-state index in [-0.39, 0.29) is 0 Å². The van der Waals surface area contributed by atoms with Crippen molar-refractivity contribution in [2.75, 3.05) is 0 Å². The van der Waals surface area contributed by atoms with Crippen molar-refractivity contribution in [3.63, 3.8) is 0 Å². The predicted molar refractivity (Wildman–Crippen MR) is 74.5 cm³/mol. The molecule has 0 radical (unpaired) electrons. The molecule has 0 bridgehead atoms. The highest BCUT2D eigenvalue weighted by Crippen LogP contribution is 2.26. The summed E-state index contributed by atoms with van der Waals surface area (Å²) in [6.07, 6.45) is 2.02. The molecule has 3 rings (SSSR count). The molecule has 1 heterocycles. The van der Waals surface area contributed by atoms with Gasteiger partial charge in [-0.15, -0.1) is 0 Å². The van der Waals surface area contributed by atoms with Crippen molar-refractivity contribution in [2.24, 2.45) is 0 Å². The van der Waals surface area contributed by atoms with Gasteiger partial charge in [0.1, 0.15) is 0 Å². The van der Waals surface area contributed by atoms with Crippen LogP contribution in [0.4, 0.5) is 0 Å². The van der Waals surface area contributed by atoms with Crippen molar-refractivity contribution in [3.05, 3.63) is 78.1 Å². The van der Waals surface area contributed by atoms with Gasteiger partial charge in [-0.1, -0.05) is 48.5 Å². The summed E-state index contributed by atoms with van der Waals surface area (Å²) >= 11 is 0. The van der Waals surface area contributed by atoms with Crippen LogP contribution >= 0.6 is 0 Å². The first-order valence-electron chi connectivity index (χ1n) is 6.30. The van der Waals surface area contributed by atoms with E-state index in [0.29, 0.717) is 5.92 Å². The van der Waals surface area contributed by atoms with Crippen molar-refractivity contribution in [1.82, 2.24) is 0 Å². The molecule has 0 aliphatic carbocycles. The van der Waals surface area contributed by atoms with Crippen LogP contribution in [-0.2, 0) is 0 Å². The molecule has 0 saturated heterocycles. The number of H-pyrrole nitrogens is 1. The fourth-order valence-electron chi connectivity index (χ4n) is 2.45. The summed E-state index contributed by atoms with van der Waals surface area (Å²) in [4.78, 5) is 3.41. The van der Waals surface area contributed by atoms with Crippen LogP contribution in [0.15, 0.2) is 66.9 Å². The summed E-state index contributed by atoms with van der Waals surface area (Å²) in [7, 11) is 0. The van der Waals surface area contributed by atoms with E-state index in [9.17, 15) is 0 Å². The van der Waals surface area contributed by atoms with Crippen molar-refractivity contribution in [3.8, 4) is 0 Å². The molecule has 2 aromatic carbocycles. The average molecular weight is 234 g/mol. The summed E-state index contributed by atoms with van der Waals surface area (Å²) in [5.41, 5.74) is 2.62. The van der Waals surface area contributed by atoms with Gasteiger partial charge in [-0.2, -0.15) is 0 Å². The third-order valence-electron chi connectivity index (χ3n) is 3.49. The third kappa shape index (κ3) is 1.88. The molecule has 1 aromatic heterocycles. The zero-order valence-electron chi connectivity index (χ0n) is 10.4. The fourth-order valence-corrected chi connectivity index (χ4v) is 2.45. The van der Waals surface area contributed by atoms with Gasteiger partial charge in [0.25, 0.3) is 0 Å². The Morgan fingerprint density at radius 3 is 2.39 bits per heavy atom. The van der Waals surface area contributed by atoms with Gasteiger partial charge < -0.3 is 0 Å². The maximum absolute atomic E-state index is 3.41. The molecule has 18 heavy (non-hydrogen) atoms. The largest absolute Gasteiger partial charge is 0.214 e. The van der Waals surface area contributed by atoms with E-state index < -0.39 is 0 Å². The lowest BCUT2D eigenvalue weighted by Gasteiger charge is -2.09. The molecular formula is C17H16N+. The Bertz CT molecular complexity index is 653. The molecular weight excluding hydrogens is 218 g/mol. The van der Waals surface area contributed by atoms with Crippen molar-refractivity contribution < 1.29 is 4.98 Å². The second-order valence-electron chi connectivity index (χ2n) is 4.61. The number of fused-ring (bicyclic) bond motifs is 1. The Labute approximate surface area is 107 Å². The van der Waals surface area contributed by atoms with Crippen LogP contribution in [0.25, 0.3) is 10.8 Å². The van der Waals surface area contributed by atoms with Crippen LogP contribution in [0.1, 0.15) is 24.1 Å². The molecule has 0 aliphatic rings. The number of hydrogen-bond donors (Lipinski definition) is 0. The number of aromatic amines is 1. The van der Waals surface area contributed by atoms with Gasteiger partial charge >= 0.3 is 0 Å². The average Bonchev–Trinajstić information content (AvgIpc) is 2.47. The molecule has 1 unspecified atom stereocenters. The van der Waals surface area contributed by atoms with E-state index in [1.54, 1.807) is 0 Å². The van der Waals surface area contributed by atoms with Crippen LogP contribution in [0.5, 0.6) is 0 Å². The number of aromatic nitrogens is 1. The molecule has 0 spiro atoms. The molecule has 3 aromatic rings. The predicted octanol–water partition coefficient (Wildman–Crippen LogP) is 3.81. The van der Waals surface area contributed by atoms with Gasteiger partial charge in [-0.25, -0.2) is 4.98 Å². The molecule has 0 saturated carbocycles. The van der Waals surface area contributed by atoms with Gasteiger partial charge in [0, 0.05) is 11.5 Å². The van der Waals surface area contributed by atoms with Crippen LogP contribution in [0, 0.1) is 0 Å². The zero-order valence-corrected chi connectivity index (χ0v) is 10.4. The highest BCUT2D eigenvalue weighted by Gasteiger charge is 2.17. The monoisotopic (exact) mass is 234 g/mol. The molecule has 0 aliphatic heterocycles. The zero-order chi connectivity index (χ0) is 12.4. The van der Waals surface area contributed by atoms with Crippen molar-refractivity contribution in [1.29, 1.82) is 0 Å². The van der Waals surface area contributed by atoms with Crippen molar-refractivity contribution in [2.45, 2.75) is 12.8 Å². The van der Waals surface area contributed by atoms with Gasteiger partial charge in [-0.3, -0.25) is 0 Å². The highest BCUT2D eigenvalue weighted by molar-refractivity contribution is 5.83. The second kappa shape index (κ2) is 4.61. The lowest BCUT2D eigenvalue weighted by Crippen LogP contribution is -2.14. The lowest BCUT2D eigenvalue weighted by molar-refractivity contribution is -0.389. The van der Waals surface area contributed by atoms with Crippen molar-refractivity contribution >= 4 is 10.8 Å². The van der Waals surface area contributed by atoms with Crippen LogP contribution in [0.3, 0.4) is 0 Å². The molecule has 1 nitrogen and oxygen atoms in total. The molecule has 0 amide bonds. The topological polar surface area (TPSA) is 14.1 Å². The molecule has 0 fully saturated rings. The fraction of sp³-hybridized carbons (Fsp3) is 0.118. The van der Waals surface area contributed by atoms with E-state index in [2.05, 4.69) is 72.6 Å². The second-order valence-corrected chi connectivity index (χ2v) is 4.61. The number of benzene rings is 2. The standard InChI is InChI=1S/C17H15N/c1-13(14-7-3-2-4-8-14)17-16-10-6-5-9-15(16)11-12-18-17/h2-13H,1H3/p+1. The normalized spacial score (nSPS) is 12.5. The quantitative estimate of drug-likeness (QED) is 0.640. The smallest absolute Gasteiger partial charge is 0.194 e. The maximum atomic E-state index is 3.41. The Morgan fingerprint density at radius 2 is 1.56 bits per heavy atom. The van der Waals surface area contributed by atoms with Crippen LogP contribution in [-0.4, -0.2) is 0 Å². The minimum atomic E-state index is 0.372. The minimum Gasteiger partial charge on any atom is -0.214 e. The maximum Gasteiger partial charge on any atom is 0.194 e. The van der Waals surface area contributed by atoms with Gasteiger partial charge in [0.15, 0.2) is 11.9 Å². The minimum absolute atomic E-state index is 0.372. The van der Waals surface area contributed by atoms with E-state index in [4.69, 9.17) is 0 Å². The first-order valence-corrected chi connectivity index (χ1v) is 6.30. The van der Waals surface area contributed by atoms with Gasteiger partial charge in [-0.05, 0) is 23.9 Å². The van der Waals surface area contributed by atoms with E-state index in [1.165, 1.54) is 22.0 Å². The van der Waals surface area contributed by atoms with Crippen LogP contribution < -0.4 is 4.98 Å². The SMILES string of the molecule is CC(c1ccccc1)c1[nH+]ccc2ccccc12. The number of hydrogen-bond acceptors (Lipinski definition) is 0. The van der Waals surface area contributed by atoms with E-state index in [0.717, 1.165) is 0 Å². The Hall–Kier alpha value is -2.15. The molecule has 88 valence electrons. The molecule has 1 N–H and O–H groups in total. The lowest BCUT2D eigenvalue weighted by atomic mass is 9.94. The Balaban J connectivity index is 2.15. The summed E-state index contributed by atoms with van der Waals surface area (Å²) in [5.74, 6) is 0.372. The van der Waals surface area contributed by atoms with Crippen LogP contribution in [0.2, 0.25) is 0 Å². The number of nitrogens with one attached hydrogen (secondary N) is 1. The van der Waals surface area contributed by atoms with Gasteiger partial charge in [0.05, 0.1) is 5.92 Å². The number of rotatable bonds is 2. The summed E-state index contributed by atoms with van der Waals surface area (Å²) in [5, 5.41) is 2.59. The Kier molecular flexibility index (Phi) is 2.81. The summed E-state index contributed by atoms with van der Waals surface area (Å²) < 4.78 is 0. The van der Waals surface area contributed by atoms with E-state index in [1.807, 2.05) is 6.20 Å². The first-order chi connectivity index (χ1) is 8.86. The Morgan fingerprint density at radius 1 is 0.833 bits per heavy atom. The summed E-state index contributed by atoms with van der Waals surface area (Å²) in [6, 6.07) is 21.2. The first kappa shape index (κ1) is 11.0. The van der Waals surface area contributed by atoms with E-state index >= 15 is 0 Å². The molecule has 1 atom stereocenters. The summed E-state index contributed by atoms with van der Waals surface area (Å²) in [6.45, 7) is 2.24. The highest BCUT2D eigenvalue weighted by atomic mass is 14.7. The molecule has 1 heteroatoms.